The summed E-state index contributed by atoms with van der Waals surface area (Å²) in [7, 11) is 3.32. The molecule has 22 heavy (non-hydrogen) atoms. The van der Waals surface area contributed by atoms with Crippen molar-refractivity contribution in [3.63, 3.8) is 0 Å². The summed E-state index contributed by atoms with van der Waals surface area (Å²) in [6.45, 7) is 2.12. The number of fused-ring (bicyclic) bond motifs is 1. The Hall–Kier alpha value is -2.49. The summed E-state index contributed by atoms with van der Waals surface area (Å²) >= 11 is 0. The lowest BCUT2D eigenvalue weighted by molar-refractivity contribution is 0.354. The lowest BCUT2D eigenvalue weighted by Gasteiger charge is -2.15. The predicted octanol–water partition coefficient (Wildman–Crippen LogP) is 2.99. The lowest BCUT2D eigenvalue weighted by atomic mass is 9.94. The van der Waals surface area contributed by atoms with E-state index in [1.54, 1.807) is 14.2 Å². The van der Waals surface area contributed by atoms with E-state index in [9.17, 15) is 0 Å². The highest BCUT2D eigenvalue weighted by atomic mass is 16.5. The third-order valence-corrected chi connectivity index (χ3v) is 3.83. The van der Waals surface area contributed by atoms with Crippen LogP contribution < -0.4 is 14.9 Å². The number of hydrazone groups is 1. The summed E-state index contributed by atoms with van der Waals surface area (Å²) in [6, 6.07) is 14.5. The zero-order valence-electron chi connectivity index (χ0n) is 13.1. The van der Waals surface area contributed by atoms with Gasteiger partial charge in [0.2, 0.25) is 0 Å². The molecule has 0 aliphatic carbocycles. The Balaban J connectivity index is 2.18. The monoisotopic (exact) mass is 296 g/mol. The first kappa shape index (κ1) is 14.4. The molecule has 0 saturated heterocycles. The van der Waals surface area contributed by atoms with E-state index in [0.29, 0.717) is 0 Å². The number of methoxy groups -OCH3 is 2. The van der Waals surface area contributed by atoms with Crippen LogP contribution in [0.15, 0.2) is 47.6 Å². The second-order valence-electron chi connectivity index (χ2n) is 5.43. The maximum atomic E-state index is 5.45. The molecule has 0 aromatic heterocycles. The molecule has 2 aromatic rings. The van der Waals surface area contributed by atoms with E-state index in [2.05, 4.69) is 35.7 Å². The molecular weight excluding hydrogens is 276 g/mol. The first-order chi connectivity index (χ1) is 10.7. The first-order valence-corrected chi connectivity index (χ1v) is 7.37. The Bertz CT molecular complexity index is 696. The smallest absolute Gasteiger partial charge is 0.161 e. The molecule has 0 fully saturated rings. The van der Waals surface area contributed by atoms with Crippen LogP contribution in [-0.2, 0) is 6.42 Å². The summed E-state index contributed by atoms with van der Waals surface area (Å²) in [5.74, 6) is 1.47. The SMILES string of the molecule is COc1cc2c(cc1OC)C(c1ccccc1)=NN[C@H](C)C2. The minimum atomic E-state index is 0.262. The van der Waals surface area contributed by atoms with Gasteiger partial charge in [-0.25, -0.2) is 0 Å². The minimum Gasteiger partial charge on any atom is -0.493 e. The molecule has 1 atom stereocenters. The molecule has 2 aromatic carbocycles. The minimum absolute atomic E-state index is 0.262. The van der Waals surface area contributed by atoms with Crippen molar-refractivity contribution in [1.29, 1.82) is 0 Å². The van der Waals surface area contributed by atoms with Gasteiger partial charge < -0.3 is 14.9 Å². The van der Waals surface area contributed by atoms with Crippen LogP contribution >= 0.6 is 0 Å². The normalized spacial score (nSPS) is 16.9. The quantitative estimate of drug-likeness (QED) is 0.947. The van der Waals surface area contributed by atoms with Gasteiger partial charge in [-0.1, -0.05) is 30.3 Å². The zero-order chi connectivity index (χ0) is 15.5. The maximum Gasteiger partial charge on any atom is 0.161 e. The van der Waals surface area contributed by atoms with E-state index in [4.69, 9.17) is 9.47 Å². The second-order valence-corrected chi connectivity index (χ2v) is 5.43. The van der Waals surface area contributed by atoms with Gasteiger partial charge in [0.25, 0.3) is 0 Å². The van der Waals surface area contributed by atoms with E-state index >= 15 is 0 Å². The predicted molar refractivity (Wildman–Crippen MR) is 87.9 cm³/mol. The van der Waals surface area contributed by atoms with E-state index in [-0.39, 0.29) is 6.04 Å². The van der Waals surface area contributed by atoms with Crippen LogP contribution in [0.4, 0.5) is 0 Å². The number of hydrogen-bond acceptors (Lipinski definition) is 4. The van der Waals surface area contributed by atoms with Crippen molar-refractivity contribution in [3.8, 4) is 11.5 Å². The van der Waals surface area contributed by atoms with Gasteiger partial charge in [-0.05, 0) is 31.0 Å². The maximum absolute atomic E-state index is 5.45. The summed E-state index contributed by atoms with van der Waals surface area (Å²) in [5, 5.41) is 4.62. The fourth-order valence-electron chi connectivity index (χ4n) is 2.74. The van der Waals surface area contributed by atoms with Crippen molar-refractivity contribution in [2.24, 2.45) is 5.10 Å². The van der Waals surface area contributed by atoms with Crippen LogP contribution in [0.25, 0.3) is 0 Å². The van der Waals surface area contributed by atoms with Crippen LogP contribution in [0.5, 0.6) is 11.5 Å². The topological polar surface area (TPSA) is 42.9 Å². The molecule has 0 spiro atoms. The number of nitrogens with zero attached hydrogens (tertiary/aromatic N) is 1. The van der Waals surface area contributed by atoms with E-state index < -0.39 is 0 Å². The molecular formula is C18H20N2O2. The van der Waals surface area contributed by atoms with Gasteiger partial charge in [0.05, 0.1) is 19.9 Å². The van der Waals surface area contributed by atoms with Gasteiger partial charge in [-0.2, -0.15) is 5.10 Å². The molecule has 1 heterocycles. The Kier molecular flexibility index (Phi) is 4.00. The molecule has 114 valence electrons. The van der Waals surface area contributed by atoms with Crippen LogP contribution in [-0.4, -0.2) is 26.0 Å². The summed E-state index contributed by atoms with van der Waals surface area (Å²) in [6.07, 6.45) is 0.884. The second kappa shape index (κ2) is 6.10. The van der Waals surface area contributed by atoms with Crippen molar-refractivity contribution in [3.05, 3.63) is 59.2 Å². The molecule has 4 nitrogen and oxygen atoms in total. The highest BCUT2D eigenvalue weighted by molar-refractivity contribution is 6.14. The van der Waals surface area contributed by atoms with Gasteiger partial charge in [-0.15, -0.1) is 0 Å². The van der Waals surface area contributed by atoms with Gasteiger partial charge >= 0.3 is 0 Å². The van der Waals surface area contributed by atoms with E-state index in [0.717, 1.165) is 34.8 Å². The number of hydrogen-bond donors (Lipinski definition) is 1. The third-order valence-electron chi connectivity index (χ3n) is 3.83. The van der Waals surface area contributed by atoms with E-state index in [1.807, 2.05) is 24.3 Å². The molecule has 3 rings (SSSR count). The molecule has 1 aliphatic heterocycles. The number of rotatable bonds is 3. The fourth-order valence-corrected chi connectivity index (χ4v) is 2.74. The van der Waals surface area contributed by atoms with Crippen LogP contribution in [0.1, 0.15) is 23.6 Å². The largest absolute Gasteiger partial charge is 0.493 e. The van der Waals surface area contributed by atoms with Crippen LogP contribution in [0.2, 0.25) is 0 Å². The van der Waals surface area contributed by atoms with Crippen molar-refractivity contribution < 1.29 is 9.47 Å². The van der Waals surface area contributed by atoms with Crippen molar-refractivity contribution in [2.75, 3.05) is 14.2 Å². The summed E-state index contributed by atoms with van der Waals surface area (Å²) < 4.78 is 10.9. The molecule has 1 aliphatic rings. The van der Waals surface area contributed by atoms with Crippen molar-refractivity contribution >= 4 is 5.71 Å². The van der Waals surface area contributed by atoms with E-state index in [1.165, 1.54) is 5.56 Å². The number of benzene rings is 2. The van der Waals surface area contributed by atoms with Crippen LogP contribution in [0, 0.1) is 0 Å². The Morgan fingerprint density at radius 2 is 1.73 bits per heavy atom. The fraction of sp³-hybridized carbons (Fsp3) is 0.278. The Labute approximate surface area is 130 Å². The van der Waals surface area contributed by atoms with Gasteiger partial charge in [0, 0.05) is 17.2 Å². The molecule has 0 saturated carbocycles. The number of nitrogens with one attached hydrogen (secondary N) is 1. The van der Waals surface area contributed by atoms with Gasteiger partial charge in [-0.3, -0.25) is 0 Å². The summed E-state index contributed by atoms with van der Waals surface area (Å²) in [5.41, 5.74) is 7.52. The Morgan fingerprint density at radius 1 is 1.05 bits per heavy atom. The zero-order valence-corrected chi connectivity index (χ0v) is 13.1. The average molecular weight is 296 g/mol. The van der Waals surface area contributed by atoms with Crippen LogP contribution in [0.3, 0.4) is 0 Å². The number of ether oxygens (including phenoxy) is 2. The highest BCUT2D eigenvalue weighted by Gasteiger charge is 2.21. The molecule has 0 radical (unpaired) electrons. The molecule has 4 heteroatoms. The lowest BCUT2D eigenvalue weighted by Crippen LogP contribution is -2.21. The molecule has 0 bridgehead atoms. The standard InChI is InChI=1S/C18H20N2O2/c1-12-9-14-10-16(21-2)17(22-3)11-15(14)18(20-19-12)13-7-5-4-6-8-13/h4-8,10-12,19H,9H2,1-3H3/t12-/m1/s1. The molecule has 1 N–H and O–H groups in total. The average Bonchev–Trinajstić information content (AvgIpc) is 2.72. The van der Waals surface area contributed by atoms with Crippen molar-refractivity contribution in [1.82, 2.24) is 5.43 Å². The van der Waals surface area contributed by atoms with Gasteiger partial charge in [0.1, 0.15) is 0 Å². The first-order valence-electron chi connectivity index (χ1n) is 7.37. The third kappa shape index (κ3) is 2.64. The highest BCUT2D eigenvalue weighted by Crippen LogP contribution is 2.33. The summed E-state index contributed by atoms with van der Waals surface area (Å²) in [4.78, 5) is 0. The molecule has 0 unspecified atom stereocenters. The Morgan fingerprint density at radius 3 is 2.41 bits per heavy atom. The molecule has 0 amide bonds. The van der Waals surface area contributed by atoms with Crippen molar-refractivity contribution in [2.45, 2.75) is 19.4 Å². The van der Waals surface area contributed by atoms with Gasteiger partial charge in [0.15, 0.2) is 11.5 Å².